The predicted molar refractivity (Wildman–Crippen MR) is 103 cm³/mol. The average molecular weight is 383 g/mol. The molecule has 1 N–H and O–H groups in total. The monoisotopic (exact) mass is 383 g/mol. The number of nitrogens with zero attached hydrogens (tertiary/aromatic N) is 2. The Morgan fingerprint density at radius 2 is 1.78 bits per heavy atom. The van der Waals surface area contributed by atoms with Crippen LogP contribution in [0.4, 0.5) is 5.82 Å². The van der Waals surface area contributed by atoms with E-state index in [9.17, 15) is 18.0 Å². The molecular weight excluding hydrogens is 366 g/mol. The number of rotatable bonds is 7. The summed E-state index contributed by atoms with van der Waals surface area (Å²) in [5.41, 5.74) is 3.53. The van der Waals surface area contributed by atoms with Crippen LogP contribution in [0.15, 0.2) is 54.6 Å². The lowest BCUT2D eigenvalue weighted by Crippen LogP contribution is -2.02. The number of Topliss-reactive ketones (excluding diaryl/α,β-unsaturated/α-hetero) is 1. The molecule has 0 atom stereocenters. The number of amides is 1. The predicted octanol–water partition coefficient (Wildman–Crippen LogP) is 2.42. The number of nitrogens with one attached hydrogen (secondary N) is 1. The maximum absolute atomic E-state index is 11.5. The molecule has 3 rings (SSSR count). The normalized spacial score (nSPS) is 10.7. The Kier molecular flexibility index (Phi) is 5.46. The number of hydrogen-bond donors (Lipinski definition) is 2. The number of carbonyl (C=O) groups excluding carboxylic acids is 2. The van der Waals surface area contributed by atoms with Crippen LogP contribution < -0.4 is 5.32 Å². The lowest BCUT2D eigenvalue weighted by Gasteiger charge is -2.08. The van der Waals surface area contributed by atoms with Gasteiger partial charge in [-0.2, -0.15) is 0 Å². The van der Waals surface area contributed by atoms with Gasteiger partial charge in [-0.25, -0.2) is 13.1 Å². The van der Waals surface area contributed by atoms with Gasteiger partial charge in [-0.05, 0) is 36.8 Å². The first-order chi connectivity index (χ1) is 13.0. The van der Waals surface area contributed by atoms with Gasteiger partial charge in [0.25, 0.3) is 0 Å². The van der Waals surface area contributed by atoms with Gasteiger partial charge in [0.2, 0.25) is 6.41 Å². The molecule has 1 aromatic heterocycles. The average Bonchev–Trinajstić information content (AvgIpc) is 3.06. The van der Waals surface area contributed by atoms with E-state index in [-0.39, 0.29) is 11.5 Å². The Morgan fingerprint density at radius 1 is 1.11 bits per heavy atom. The van der Waals surface area contributed by atoms with Crippen LogP contribution in [0.1, 0.15) is 22.8 Å². The highest BCUT2D eigenvalue weighted by atomic mass is 32.2. The molecule has 27 heavy (non-hydrogen) atoms. The fourth-order valence-corrected chi connectivity index (χ4v) is 3.19. The molecule has 1 heterocycles. The van der Waals surface area contributed by atoms with Crippen LogP contribution in [-0.2, 0) is 21.3 Å². The molecule has 3 aromatic rings. The summed E-state index contributed by atoms with van der Waals surface area (Å²) in [4.78, 5) is 22.2. The van der Waals surface area contributed by atoms with E-state index in [1.54, 1.807) is 59.3 Å². The third-order valence-corrected chi connectivity index (χ3v) is 4.62. The van der Waals surface area contributed by atoms with Gasteiger partial charge < -0.3 is 5.32 Å². The molecule has 0 spiro atoms. The number of aromatic nitrogens is 2. The first kappa shape index (κ1) is 18.5. The maximum atomic E-state index is 11.5. The highest BCUT2D eigenvalue weighted by Gasteiger charge is 2.12. The first-order valence-corrected chi connectivity index (χ1v) is 9.47. The summed E-state index contributed by atoms with van der Waals surface area (Å²) in [5.74, 6) is 0.333. The van der Waals surface area contributed by atoms with E-state index in [0.29, 0.717) is 29.0 Å². The summed E-state index contributed by atoms with van der Waals surface area (Å²) in [6.45, 7) is 1.50. The van der Waals surface area contributed by atoms with Crippen LogP contribution in [0.5, 0.6) is 0 Å². The van der Waals surface area contributed by atoms with Crippen molar-refractivity contribution in [1.82, 2.24) is 9.78 Å². The topological polar surface area (TPSA) is 98.1 Å². The number of anilines is 1. The molecule has 8 heteroatoms. The van der Waals surface area contributed by atoms with E-state index in [2.05, 4.69) is 10.4 Å². The van der Waals surface area contributed by atoms with E-state index < -0.39 is 10.7 Å². The number of carbonyl (C=O) groups is 2. The van der Waals surface area contributed by atoms with Crippen molar-refractivity contribution in [2.45, 2.75) is 12.7 Å². The summed E-state index contributed by atoms with van der Waals surface area (Å²) >= 11 is 0. The molecule has 0 aliphatic rings. The minimum Gasteiger partial charge on any atom is -0.312 e. The fourth-order valence-electron chi connectivity index (χ4n) is 2.68. The third kappa shape index (κ3) is 4.29. The van der Waals surface area contributed by atoms with Gasteiger partial charge in [-0.1, -0.05) is 24.3 Å². The summed E-state index contributed by atoms with van der Waals surface area (Å²) in [5, 5.41) is 6.91. The van der Waals surface area contributed by atoms with Gasteiger partial charge in [0, 0.05) is 17.2 Å². The van der Waals surface area contributed by atoms with Crippen molar-refractivity contribution >= 4 is 28.7 Å². The minimum absolute atomic E-state index is 0.0146. The molecule has 0 unspecified atom stereocenters. The molecule has 1 amide bonds. The zero-order valence-corrected chi connectivity index (χ0v) is 15.3. The summed E-state index contributed by atoms with van der Waals surface area (Å²) in [7, 11) is -2.49. The van der Waals surface area contributed by atoms with E-state index in [0.717, 1.165) is 11.3 Å². The largest absolute Gasteiger partial charge is 0.312 e. The van der Waals surface area contributed by atoms with Crippen LogP contribution in [0.25, 0.3) is 16.9 Å². The molecule has 0 aliphatic carbocycles. The lowest BCUT2D eigenvalue weighted by molar-refractivity contribution is -0.105. The molecule has 0 fully saturated rings. The maximum Gasteiger partial charge on any atom is 0.212 e. The standard InChI is InChI=1S/C19H17N3O4S/c1-13(24)15-6-8-17(9-7-15)22-18(10-19(21-22)20-12-23)16-4-2-14(3-5-16)11-27(25)26/h2-10,12,27H,11H2,1H3,(H,20,21,23). The van der Waals surface area contributed by atoms with E-state index in [1.165, 1.54) is 6.92 Å². The van der Waals surface area contributed by atoms with Crippen molar-refractivity contribution in [2.75, 3.05) is 5.32 Å². The molecule has 0 saturated heterocycles. The summed E-state index contributed by atoms with van der Waals surface area (Å²) in [6, 6.07) is 15.8. The summed E-state index contributed by atoms with van der Waals surface area (Å²) in [6.07, 6.45) is 0.545. The fraction of sp³-hybridized carbons (Fsp3) is 0.105. The Labute approximate surface area is 157 Å². The summed E-state index contributed by atoms with van der Waals surface area (Å²) < 4.78 is 23.4. The Balaban J connectivity index is 2.03. The van der Waals surface area contributed by atoms with Crippen molar-refractivity contribution in [3.8, 4) is 16.9 Å². The third-order valence-electron chi connectivity index (χ3n) is 4.00. The van der Waals surface area contributed by atoms with Crippen LogP contribution in [0.2, 0.25) is 0 Å². The van der Waals surface area contributed by atoms with Crippen molar-refractivity contribution in [3.05, 3.63) is 65.7 Å². The van der Waals surface area contributed by atoms with Crippen molar-refractivity contribution in [3.63, 3.8) is 0 Å². The Hall–Kier alpha value is -3.26. The highest BCUT2D eigenvalue weighted by molar-refractivity contribution is 7.71. The van der Waals surface area contributed by atoms with Gasteiger partial charge in [0.1, 0.15) is 10.7 Å². The molecule has 138 valence electrons. The smallest absolute Gasteiger partial charge is 0.212 e. The molecule has 0 saturated carbocycles. The number of benzene rings is 2. The molecule has 0 radical (unpaired) electrons. The zero-order valence-electron chi connectivity index (χ0n) is 14.5. The van der Waals surface area contributed by atoms with Gasteiger partial charge in [0.05, 0.1) is 17.1 Å². The number of ketones is 1. The second kappa shape index (κ2) is 7.96. The number of thiol groups is 1. The van der Waals surface area contributed by atoms with Gasteiger partial charge in [-0.15, -0.1) is 5.10 Å². The molecule has 7 nitrogen and oxygen atoms in total. The Bertz CT molecular complexity index is 1040. The minimum atomic E-state index is -2.49. The van der Waals surface area contributed by atoms with Crippen molar-refractivity contribution in [1.29, 1.82) is 0 Å². The van der Waals surface area contributed by atoms with E-state index >= 15 is 0 Å². The van der Waals surface area contributed by atoms with Crippen molar-refractivity contribution < 1.29 is 18.0 Å². The van der Waals surface area contributed by atoms with Gasteiger partial charge in [0.15, 0.2) is 11.6 Å². The van der Waals surface area contributed by atoms with Gasteiger partial charge >= 0.3 is 0 Å². The molecule has 2 aromatic carbocycles. The van der Waals surface area contributed by atoms with E-state index in [1.807, 2.05) is 0 Å². The van der Waals surface area contributed by atoms with E-state index in [4.69, 9.17) is 0 Å². The molecule has 0 bridgehead atoms. The lowest BCUT2D eigenvalue weighted by atomic mass is 10.1. The number of hydrogen-bond acceptors (Lipinski definition) is 5. The SMILES string of the molecule is CC(=O)c1ccc(-n2nc(NC=O)cc2-c2ccc(C[SH](=O)=O)cc2)cc1. The highest BCUT2D eigenvalue weighted by Crippen LogP contribution is 2.26. The van der Waals surface area contributed by atoms with Crippen LogP contribution in [0, 0.1) is 0 Å². The van der Waals surface area contributed by atoms with Crippen molar-refractivity contribution in [2.24, 2.45) is 0 Å². The molecule has 0 aliphatic heterocycles. The second-order valence-electron chi connectivity index (χ2n) is 5.88. The van der Waals surface area contributed by atoms with Crippen LogP contribution in [0.3, 0.4) is 0 Å². The van der Waals surface area contributed by atoms with Crippen LogP contribution >= 0.6 is 0 Å². The first-order valence-electron chi connectivity index (χ1n) is 8.10. The Morgan fingerprint density at radius 3 is 2.33 bits per heavy atom. The molecular formula is C19H17N3O4S. The van der Waals surface area contributed by atoms with Gasteiger partial charge in [-0.3, -0.25) is 9.59 Å². The van der Waals surface area contributed by atoms with Crippen LogP contribution in [-0.4, -0.2) is 30.4 Å². The quantitative estimate of drug-likeness (QED) is 0.371. The zero-order chi connectivity index (χ0) is 19.4. The second-order valence-corrected chi connectivity index (χ2v) is 6.86.